The molecule has 0 aromatic carbocycles. The normalized spacial score (nSPS) is 27.2. The van der Waals surface area contributed by atoms with E-state index in [4.69, 9.17) is 15.6 Å². The fourth-order valence-corrected chi connectivity index (χ4v) is 2.20. The summed E-state index contributed by atoms with van der Waals surface area (Å²) in [7, 11) is 0. The number of H-pyrrole nitrogens is 1. The van der Waals surface area contributed by atoms with Crippen LogP contribution in [-0.4, -0.2) is 48.5 Å². The number of nitrogens with zero attached hydrogens (tertiary/aromatic N) is 3. The highest BCUT2D eigenvalue weighted by Gasteiger charge is 2.35. The Labute approximate surface area is 106 Å². The maximum atomic E-state index is 11.6. The summed E-state index contributed by atoms with van der Waals surface area (Å²) in [5.74, 6) is -0.0171. The Morgan fingerprint density at radius 1 is 1.63 bits per heavy atom. The van der Waals surface area contributed by atoms with Crippen LogP contribution in [-0.2, 0) is 4.74 Å². The lowest BCUT2D eigenvalue weighted by Gasteiger charge is -2.13. The molecule has 0 unspecified atom stereocenters. The Kier molecular flexibility index (Phi) is 2.73. The standard InChI is InChI=1S/C10H13N5O4/c11-10-13-8-7(9(18)14-10)12-3-15(8)6-1-4(17)5(2-16)19-6/h3-6,16-17H,1-2H2,(H3,11,13,14,18)/t4-,5+,6+/m0/s1/i10+0,11+1,13+1,14+1. The molecule has 0 amide bonds. The van der Waals surface area contributed by atoms with Crippen LogP contribution in [0.1, 0.15) is 12.6 Å². The van der Waals surface area contributed by atoms with Gasteiger partial charge in [0, 0.05) is 6.42 Å². The van der Waals surface area contributed by atoms with Gasteiger partial charge >= 0.3 is 0 Å². The van der Waals surface area contributed by atoms with E-state index in [0.717, 1.165) is 0 Å². The predicted molar refractivity (Wildman–Crippen MR) is 64.2 cm³/mol. The molecule has 0 spiro atoms. The number of hydrogen-bond acceptors (Lipinski definition) is 7. The van der Waals surface area contributed by atoms with Crippen molar-refractivity contribution in [3.63, 3.8) is 0 Å². The number of aliphatic hydroxyl groups is 2. The van der Waals surface area contributed by atoms with Crippen LogP contribution < -0.4 is 11.3 Å². The van der Waals surface area contributed by atoms with Crippen LogP contribution in [0.5, 0.6) is 0 Å². The molecule has 1 aliphatic heterocycles. The van der Waals surface area contributed by atoms with Crippen molar-refractivity contribution in [2.75, 3.05) is 12.3 Å². The number of nitrogens with one attached hydrogen (secondary N) is 1. The van der Waals surface area contributed by atoms with Crippen molar-refractivity contribution in [3.05, 3.63) is 16.7 Å². The predicted octanol–water partition coefficient (Wildman–Crippen LogP) is -1.66. The summed E-state index contributed by atoms with van der Waals surface area (Å²) in [6.07, 6.45) is -0.270. The van der Waals surface area contributed by atoms with Crippen LogP contribution >= 0.6 is 0 Å². The number of fused-ring (bicyclic) bond motifs is 1. The van der Waals surface area contributed by atoms with E-state index in [1.165, 1.54) is 10.9 Å². The minimum absolute atomic E-state index is 0.0171. The first kappa shape index (κ1) is 12.1. The summed E-state index contributed by atoms with van der Waals surface area (Å²) in [6.45, 7) is -0.277. The maximum Gasteiger partial charge on any atom is 0.280 e. The molecule has 0 bridgehead atoms. The lowest BCUT2D eigenvalue weighted by atomic mass is 10.2. The molecule has 19 heavy (non-hydrogen) atoms. The van der Waals surface area contributed by atoms with E-state index in [1.54, 1.807) is 0 Å². The Hall–Kier alpha value is -1.97. The van der Waals surface area contributed by atoms with Crippen LogP contribution in [0.4, 0.5) is 5.95 Å². The van der Waals surface area contributed by atoms with Crippen LogP contribution in [0.3, 0.4) is 0 Å². The lowest BCUT2D eigenvalue weighted by molar-refractivity contribution is -0.0432. The third-order valence-electron chi connectivity index (χ3n) is 3.15. The topological polar surface area (TPSA) is 139 Å². The molecule has 1 fully saturated rings. The van der Waals surface area contributed by atoms with E-state index in [0.29, 0.717) is 0 Å². The van der Waals surface area contributed by atoms with Crippen molar-refractivity contribution in [1.82, 2.24) is 19.5 Å². The maximum absolute atomic E-state index is 11.6. The third-order valence-corrected chi connectivity index (χ3v) is 3.15. The SMILES string of the molecule is [15NH2][12c]1[15n]c2c(ncn2[C@H]2C[C@H](O)[C@@H](CO)O2)c(=O)[15nH]1. The van der Waals surface area contributed by atoms with Crippen LogP contribution in [0.15, 0.2) is 11.1 Å². The van der Waals surface area contributed by atoms with E-state index in [-0.39, 0.29) is 30.1 Å². The molecule has 9 heteroatoms. The molecule has 9 nitrogen and oxygen atoms in total. The van der Waals surface area contributed by atoms with Gasteiger partial charge in [0.25, 0.3) is 5.56 Å². The first-order chi connectivity index (χ1) is 9.10. The zero-order valence-electron chi connectivity index (χ0n) is 9.85. The van der Waals surface area contributed by atoms with Gasteiger partial charge in [-0.1, -0.05) is 0 Å². The van der Waals surface area contributed by atoms with Crippen LogP contribution in [0, 0.1) is 0 Å². The van der Waals surface area contributed by atoms with Gasteiger partial charge in [-0.25, -0.2) is 4.98 Å². The summed E-state index contributed by atoms with van der Waals surface area (Å²) in [6, 6.07) is 0. The van der Waals surface area contributed by atoms with E-state index < -0.39 is 24.0 Å². The molecular weight excluding hydrogens is 257 g/mol. The summed E-state index contributed by atoms with van der Waals surface area (Å²) in [5.41, 5.74) is 5.50. The second-order valence-corrected chi connectivity index (χ2v) is 4.39. The molecule has 2 aromatic heterocycles. The molecule has 0 saturated carbocycles. The molecule has 5 N–H and O–H groups in total. The Morgan fingerprint density at radius 3 is 3.11 bits per heavy atom. The second-order valence-electron chi connectivity index (χ2n) is 4.39. The number of hydrogen-bond donors (Lipinski definition) is 4. The van der Waals surface area contributed by atoms with E-state index >= 15 is 0 Å². The molecule has 2 aromatic rings. The van der Waals surface area contributed by atoms with Gasteiger partial charge in [-0.15, -0.1) is 0 Å². The van der Waals surface area contributed by atoms with Gasteiger partial charge in [0.05, 0.1) is 19.0 Å². The van der Waals surface area contributed by atoms with Crippen molar-refractivity contribution in [3.8, 4) is 0 Å². The van der Waals surface area contributed by atoms with Gasteiger partial charge in [-0.05, 0) is 0 Å². The number of aromatic amines is 1. The van der Waals surface area contributed by atoms with Gasteiger partial charge in [-0.3, -0.25) is 14.3 Å². The molecule has 0 aliphatic carbocycles. The molecule has 3 atom stereocenters. The first-order valence-electron chi connectivity index (χ1n) is 5.77. The first-order valence-corrected chi connectivity index (χ1v) is 5.77. The quantitative estimate of drug-likeness (QED) is 0.479. The average Bonchev–Trinajstić information content (AvgIpc) is 2.92. The average molecular weight is 270 g/mol. The van der Waals surface area contributed by atoms with Gasteiger partial charge in [0.2, 0.25) is 5.95 Å². The summed E-state index contributed by atoms with van der Waals surface area (Å²) < 4.78 is 7.01. The Bertz CT molecular complexity index is 665. The molecule has 1 saturated heterocycles. The van der Waals surface area contributed by atoms with Crippen LogP contribution in [0.25, 0.3) is 11.2 Å². The number of nitrogen functional groups attached to an aromatic ring is 1. The summed E-state index contributed by atoms with van der Waals surface area (Å²) in [4.78, 5) is 22.0. The molecule has 3 heterocycles. The monoisotopic (exact) mass is 270 g/mol. The highest BCUT2D eigenvalue weighted by molar-refractivity contribution is 5.70. The summed E-state index contributed by atoms with van der Waals surface area (Å²) in [5, 5.41) is 18.8. The van der Waals surface area contributed by atoms with Crippen molar-refractivity contribution >= 4 is 17.1 Å². The van der Waals surface area contributed by atoms with Crippen molar-refractivity contribution < 1.29 is 14.9 Å². The van der Waals surface area contributed by atoms with Crippen LogP contribution in [0.2, 0.25) is 0 Å². The molecule has 1 aliphatic rings. The Balaban J connectivity index is 2.05. The largest absolute Gasteiger partial charge is 0.394 e. The molecular formula is C10H13N5O4. The van der Waals surface area contributed by atoms with Crippen molar-refractivity contribution in [2.45, 2.75) is 24.9 Å². The Morgan fingerprint density at radius 2 is 2.42 bits per heavy atom. The number of anilines is 1. The molecule has 102 valence electrons. The molecule has 3 rings (SSSR count). The zero-order chi connectivity index (χ0) is 13.6. The van der Waals surface area contributed by atoms with E-state index in [9.17, 15) is 9.90 Å². The minimum Gasteiger partial charge on any atom is -0.394 e. The molecule has 0 radical (unpaired) electrons. The lowest BCUT2D eigenvalue weighted by Crippen LogP contribution is -2.24. The number of aromatic nitrogens is 4. The second kappa shape index (κ2) is 4.30. The minimum atomic E-state index is -0.771. The number of imidazole rings is 1. The number of rotatable bonds is 2. The highest BCUT2D eigenvalue weighted by atomic mass is 16.5. The van der Waals surface area contributed by atoms with Gasteiger partial charge in [-0.2, -0.15) is 4.98 Å². The summed E-state index contributed by atoms with van der Waals surface area (Å²) >= 11 is 0. The fourth-order valence-electron chi connectivity index (χ4n) is 2.20. The number of aliphatic hydroxyl groups excluding tert-OH is 2. The zero-order valence-corrected chi connectivity index (χ0v) is 9.85. The van der Waals surface area contributed by atoms with E-state index in [1.807, 2.05) is 0 Å². The number of ether oxygens (including phenoxy) is 1. The fraction of sp³-hybridized carbons (Fsp3) is 0.500. The van der Waals surface area contributed by atoms with Gasteiger partial charge < -0.3 is 20.7 Å². The number of nitrogens with two attached hydrogens (primary N) is 1. The van der Waals surface area contributed by atoms with Crippen molar-refractivity contribution in [1.29, 1.82) is 0 Å². The highest BCUT2D eigenvalue weighted by Crippen LogP contribution is 2.30. The van der Waals surface area contributed by atoms with Crippen molar-refractivity contribution in [2.24, 2.45) is 0 Å². The van der Waals surface area contributed by atoms with E-state index in [2.05, 4.69) is 15.0 Å². The van der Waals surface area contributed by atoms with Gasteiger partial charge in [0.15, 0.2) is 11.2 Å². The third kappa shape index (κ3) is 1.87. The van der Waals surface area contributed by atoms with Gasteiger partial charge in [0.1, 0.15) is 12.3 Å². The smallest absolute Gasteiger partial charge is 0.280 e.